The molecule has 0 saturated heterocycles. The number of benzene rings is 2. The van der Waals surface area contributed by atoms with Crippen molar-refractivity contribution in [3.05, 3.63) is 42.0 Å². The van der Waals surface area contributed by atoms with Crippen LogP contribution in [0.5, 0.6) is 5.75 Å². The molecule has 0 atom stereocenters. The van der Waals surface area contributed by atoms with E-state index in [0.717, 1.165) is 10.8 Å². The first kappa shape index (κ1) is 12.0. The fraction of sp³-hybridized carbons (Fsp3) is 0.188. The fourth-order valence-electron chi connectivity index (χ4n) is 1.76. The van der Waals surface area contributed by atoms with Gasteiger partial charge in [0, 0.05) is 10.8 Å². The van der Waals surface area contributed by atoms with Gasteiger partial charge in [-0.15, -0.1) is 6.42 Å². The molecule has 2 rings (SSSR count). The van der Waals surface area contributed by atoms with Crippen LogP contribution in [-0.4, -0.2) is 5.60 Å². The topological polar surface area (TPSA) is 33.0 Å². The molecule has 0 aliphatic rings. The number of hydrogen-bond acceptors (Lipinski definition) is 2. The molecule has 0 N–H and O–H groups in total. The molecule has 2 nitrogen and oxygen atoms in total. The Morgan fingerprint density at radius 3 is 2.39 bits per heavy atom. The van der Waals surface area contributed by atoms with Crippen molar-refractivity contribution in [2.45, 2.75) is 19.4 Å². The summed E-state index contributed by atoms with van der Waals surface area (Å²) in [4.78, 5) is 0. The zero-order valence-electron chi connectivity index (χ0n) is 10.4. The molecule has 2 aromatic rings. The van der Waals surface area contributed by atoms with E-state index in [-0.39, 0.29) is 0 Å². The monoisotopic (exact) mass is 235 g/mol. The SMILES string of the molecule is C#CC(C)(C)Oc1ccc(C#N)c2ccccc12. The van der Waals surface area contributed by atoms with Gasteiger partial charge in [-0.3, -0.25) is 0 Å². The maximum Gasteiger partial charge on any atom is 0.163 e. The molecular formula is C16H13NO. The van der Waals surface area contributed by atoms with Crippen LogP contribution in [0.25, 0.3) is 10.8 Å². The highest BCUT2D eigenvalue weighted by atomic mass is 16.5. The largest absolute Gasteiger partial charge is 0.475 e. The quantitative estimate of drug-likeness (QED) is 0.746. The van der Waals surface area contributed by atoms with Crippen LogP contribution in [0.3, 0.4) is 0 Å². The van der Waals surface area contributed by atoms with Crippen LogP contribution < -0.4 is 4.74 Å². The molecule has 0 fully saturated rings. The van der Waals surface area contributed by atoms with Gasteiger partial charge in [0.05, 0.1) is 11.6 Å². The zero-order chi connectivity index (χ0) is 13.2. The molecule has 0 saturated carbocycles. The van der Waals surface area contributed by atoms with Crippen LogP contribution in [-0.2, 0) is 0 Å². The van der Waals surface area contributed by atoms with E-state index in [4.69, 9.17) is 16.4 Å². The van der Waals surface area contributed by atoms with Crippen LogP contribution in [0.4, 0.5) is 0 Å². The summed E-state index contributed by atoms with van der Waals surface area (Å²) in [5.41, 5.74) is -0.0341. The molecule has 0 aliphatic heterocycles. The molecule has 0 heterocycles. The minimum atomic E-state index is -0.670. The Labute approximate surface area is 107 Å². The third-order valence-electron chi connectivity index (χ3n) is 2.72. The van der Waals surface area contributed by atoms with Gasteiger partial charge in [-0.2, -0.15) is 5.26 Å². The van der Waals surface area contributed by atoms with Crippen molar-refractivity contribution in [1.82, 2.24) is 0 Å². The maximum absolute atomic E-state index is 9.08. The molecule has 0 unspecified atom stereocenters. The second-order valence-electron chi connectivity index (χ2n) is 4.53. The van der Waals surface area contributed by atoms with Crippen molar-refractivity contribution in [3.8, 4) is 24.2 Å². The van der Waals surface area contributed by atoms with E-state index < -0.39 is 5.60 Å². The molecule has 0 bridgehead atoms. The number of hydrogen-bond donors (Lipinski definition) is 0. The van der Waals surface area contributed by atoms with Crippen molar-refractivity contribution in [3.63, 3.8) is 0 Å². The molecule has 0 radical (unpaired) electrons. The molecule has 0 amide bonds. The van der Waals surface area contributed by atoms with Gasteiger partial charge in [0.1, 0.15) is 5.75 Å². The molecular weight excluding hydrogens is 222 g/mol. The van der Waals surface area contributed by atoms with Crippen LogP contribution in [0, 0.1) is 23.7 Å². The van der Waals surface area contributed by atoms with E-state index in [9.17, 15) is 0 Å². The highest BCUT2D eigenvalue weighted by molar-refractivity contribution is 5.92. The third-order valence-corrected chi connectivity index (χ3v) is 2.72. The van der Waals surface area contributed by atoms with E-state index in [1.807, 2.05) is 38.1 Å². The maximum atomic E-state index is 9.08. The number of rotatable bonds is 2. The number of ether oxygens (including phenoxy) is 1. The molecule has 2 heteroatoms. The minimum Gasteiger partial charge on any atom is -0.475 e. The Morgan fingerprint density at radius 2 is 1.78 bits per heavy atom. The average molecular weight is 235 g/mol. The Bertz CT molecular complexity index is 672. The summed E-state index contributed by atoms with van der Waals surface area (Å²) >= 11 is 0. The summed E-state index contributed by atoms with van der Waals surface area (Å²) in [6, 6.07) is 13.4. The molecule has 0 spiro atoms. The number of nitriles is 1. The lowest BCUT2D eigenvalue weighted by Crippen LogP contribution is -2.25. The van der Waals surface area contributed by atoms with Gasteiger partial charge in [0.15, 0.2) is 5.60 Å². The average Bonchev–Trinajstić information content (AvgIpc) is 2.39. The number of nitrogens with zero attached hydrogens (tertiary/aromatic N) is 1. The standard InChI is InChI=1S/C16H13NO/c1-4-16(2,3)18-15-10-9-12(11-17)13-7-5-6-8-14(13)15/h1,5-10H,2-3H3. The van der Waals surface area contributed by atoms with Gasteiger partial charge >= 0.3 is 0 Å². The van der Waals surface area contributed by atoms with E-state index in [0.29, 0.717) is 11.3 Å². The second-order valence-corrected chi connectivity index (χ2v) is 4.53. The van der Waals surface area contributed by atoms with Gasteiger partial charge in [-0.25, -0.2) is 0 Å². The van der Waals surface area contributed by atoms with Crippen LogP contribution in [0.15, 0.2) is 36.4 Å². The number of fused-ring (bicyclic) bond motifs is 1. The summed E-state index contributed by atoms with van der Waals surface area (Å²) in [5, 5.41) is 10.9. The summed E-state index contributed by atoms with van der Waals surface area (Å²) in [6.45, 7) is 3.67. The highest BCUT2D eigenvalue weighted by Gasteiger charge is 2.17. The van der Waals surface area contributed by atoms with E-state index in [2.05, 4.69) is 12.0 Å². The van der Waals surface area contributed by atoms with Crippen molar-refractivity contribution in [2.75, 3.05) is 0 Å². The number of terminal acetylenes is 1. The van der Waals surface area contributed by atoms with Gasteiger partial charge < -0.3 is 4.74 Å². The Balaban J connectivity index is 2.62. The Hall–Kier alpha value is -2.45. The van der Waals surface area contributed by atoms with Crippen molar-refractivity contribution < 1.29 is 4.74 Å². The molecule has 0 aromatic heterocycles. The van der Waals surface area contributed by atoms with Crippen LogP contribution in [0.2, 0.25) is 0 Å². The predicted molar refractivity (Wildman–Crippen MR) is 72.2 cm³/mol. The zero-order valence-corrected chi connectivity index (χ0v) is 10.4. The van der Waals surface area contributed by atoms with Crippen molar-refractivity contribution in [1.29, 1.82) is 5.26 Å². The molecule has 0 aliphatic carbocycles. The summed E-state index contributed by atoms with van der Waals surface area (Å²) in [6.07, 6.45) is 5.43. The van der Waals surface area contributed by atoms with E-state index in [1.165, 1.54) is 0 Å². The van der Waals surface area contributed by atoms with Crippen molar-refractivity contribution >= 4 is 10.8 Å². The lowest BCUT2D eigenvalue weighted by atomic mass is 10.0. The van der Waals surface area contributed by atoms with E-state index in [1.54, 1.807) is 12.1 Å². The molecule has 88 valence electrons. The predicted octanol–water partition coefficient (Wildman–Crippen LogP) is 3.50. The molecule has 2 aromatic carbocycles. The third kappa shape index (κ3) is 2.14. The fourth-order valence-corrected chi connectivity index (χ4v) is 1.76. The first-order chi connectivity index (χ1) is 8.57. The van der Waals surface area contributed by atoms with Crippen LogP contribution in [0.1, 0.15) is 19.4 Å². The van der Waals surface area contributed by atoms with E-state index >= 15 is 0 Å². The van der Waals surface area contributed by atoms with Crippen LogP contribution >= 0.6 is 0 Å². The smallest absolute Gasteiger partial charge is 0.163 e. The normalized spacial score (nSPS) is 10.7. The first-order valence-corrected chi connectivity index (χ1v) is 5.66. The Kier molecular flexibility index (Phi) is 2.96. The van der Waals surface area contributed by atoms with Crippen molar-refractivity contribution in [2.24, 2.45) is 0 Å². The summed E-state index contributed by atoms with van der Waals surface area (Å²) < 4.78 is 5.82. The first-order valence-electron chi connectivity index (χ1n) is 5.66. The minimum absolute atomic E-state index is 0.636. The Morgan fingerprint density at radius 1 is 1.11 bits per heavy atom. The second kappa shape index (κ2) is 4.43. The van der Waals surface area contributed by atoms with Gasteiger partial charge in [0.25, 0.3) is 0 Å². The highest BCUT2D eigenvalue weighted by Crippen LogP contribution is 2.30. The lowest BCUT2D eigenvalue weighted by Gasteiger charge is -2.21. The summed E-state index contributed by atoms with van der Waals surface area (Å²) in [7, 11) is 0. The van der Waals surface area contributed by atoms with Gasteiger partial charge in [-0.05, 0) is 26.0 Å². The lowest BCUT2D eigenvalue weighted by molar-refractivity contribution is 0.175. The summed E-state index contributed by atoms with van der Waals surface area (Å²) in [5.74, 6) is 3.30. The van der Waals surface area contributed by atoms with Gasteiger partial charge in [0.2, 0.25) is 0 Å². The van der Waals surface area contributed by atoms with Gasteiger partial charge in [-0.1, -0.05) is 30.2 Å². The molecule has 18 heavy (non-hydrogen) atoms.